The van der Waals surface area contributed by atoms with Gasteiger partial charge in [-0.3, -0.25) is 9.59 Å². The first kappa shape index (κ1) is 32.8. The molecular formula is C34H39F4N3O4S. The summed E-state index contributed by atoms with van der Waals surface area (Å²) in [5, 5.41) is 2.75. The van der Waals surface area contributed by atoms with Crippen LogP contribution in [0.2, 0.25) is 0 Å². The van der Waals surface area contributed by atoms with Gasteiger partial charge in [0.05, 0.1) is 35.2 Å². The predicted molar refractivity (Wildman–Crippen MR) is 166 cm³/mol. The van der Waals surface area contributed by atoms with E-state index in [1.807, 2.05) is 35.2 Å². The third kappa shape index (κ3) is 5.92. The molecule has 2 spiro atoms. The van der Waals surface area contributed by atoms with E-state index in [0.717, 1.165) is 68.0 Å². The average Bonchev–Trinajstić information content (AvgIpc) is 3.24. The fourth-order valence-electron chi connectivity index (χ4n) is 7.47. The Kier molecular flexibility index (Phi) is 8.69. The van der Waals surface area contributed by atoms with Crippen LogP contribution in [-0.2, 0) is 33.1 Å². The van der Waals surface area contributed by atoms with E-state index < -0.39 is 34.0 Å². The van der Waals surface area contributed by atoms with Gasteiger partial charge in [-0.25, -0.2) is 12.9 Å². The van der Waals surface area contributed by atoms with E-state index in [9.17, 15) is 31.4 Å². The Hall–Kier alpha value is -3.09. The molecule has 0 aliphatic carbocycles. The molecular weight excluding hydrogens is 622 g/mol. The smallest absolute Gasteiger partial charge is 0.380 e. The van der Waals surface area contributed by atoms with Gasteiger partial charge >= 0.3 is 6.18 Å². The summed E-state index contributed by atoms with van der Waals surface area (Å²) in [6, 6.07) is 6.60. The molecule has 7 nitrogen and oxygen atoms in total. The molecule has 0 saturated carbocycles. The van der Waals surface area contributed by atoms with Crippen LogP contribution >= 0.6 is 0 Å². The van der Waals surface area contributed by atoms with E-state index in [0.29, 0.717) is 49.2 Å². The maximum Gasteiger partial charge on any atom is 0.419 e. The van der Waals surface area contributed by atoms with Crippen LogP contribution in [0.4, 0.5) is 17.6 Å². The number of piperidine rings is 2. The van der Waals surface area contributed by atoms with Crippen molar-refractivity contribution >= 4 is 28.5 Å². The Morgan fingerprint density at radius 1 is 0.978 bits per heavy atom. The summed E-state index contributed by atoms with van der Waals surface area (Å²) in [4.78, 5) is 28.4. The van der Waals surface area contributed by atoms with Crippen molar-refractivity contribution in [1.29, 1.82) is 0 Å². The Morgan fingerprint density at radius 2 is 1.61 bits per heavy atom. The largest absolute Gasteiger partial charge is 0.419 e. The van der Waals surface area contributed by atoms with Crippen LogP contribution in [0.25, 0.3) is 5.70 Å². The molecule has 1 atom stereocenters. The Bertz CT molecular complexity index is 1590. The van der Waals surface area contributed by atoms with Gasteiger partial charge in [0, 0.05) is 48.6 Å². The average molecular weight is 662 g/mol. The lowest BCUT2D eigenvalue weighted by molar-refractivity contribution is -0.140. The number of nitrogens with one attached hydrogen (secondary N) is 1. The van der Waals surface area contributed by atoms with Gasteiger partial charge in [0.1, 0.15) is 5.82 Å². The quantitative estimate of drug-likeness (QED) is 0.412. The number of aryl methyl sites for hydroxylation is 2. The lowest BCUT2D eigenvalue weighted by Gasteiger charge is -2.47. The molecule has 1 unspecified atom stereocenters. The highest BCUT2D eigenvalue weighted by Crippen LogP contribution is 2.47. The lowest BCUT2D eigenvalue weighted by Crippen LogP contribution is -2.52. The van der Waals surface area contributed by atoms with Crippen molar-refractivity contribution in [3.05, 3.63) is 75.1 Å². The Labute approximate surface area is 268 Å². The highest BCUT2D eigenvalue weighted by Gasteiger charge is 2.49. The van der Waals surface area contributed by atoms with E-state index in [4.69, 9.17) is 4.74 Å². The third-order valence-corrected chi connectivity index (χ3v) is 12.1. The number of hydrogen-bond acceptors (Lipinski definition) is 4. The Balaban J connectivity index is 1.07. The minimum atomic E-state index is -4.86. The van der Waals surface area contributed by atoms with E-state index >= 15 is 0 Å². The van der Waals surface area contributed by atoms with Crippen molar-refractivity contribution in [3.8, 4) is 0 Å². The zero-order chi connectivity index (χ0) is 33.0. The molecule has 12 heteroatoms. The molecule has 2 amide bonds. The zero-order valence-corrected chi connectivity index (χ0v) is 27.1. The summed E-state index contributed by atoms with van der Waals surface area (Å²) in [6.45, 7) is 9.52. The number of nitrogens with zero attached hydrogens (tertiary/aromatic N) is 2. The van der Waals surface area contributed by atoms with Crippen molar-refractivity contribution in [2.75, 3.05) is 45.1 Å². The minimum Gasteiger partial charge on any atom is -0.380 e. The molecule has 4 aliphatic rings. The highest BCUT2D eigenvalue weighted by atomic mass is 32.2. The fraction of sp³-hybridized carbons (Fsp3) is 0.529. The van der Waals surface area contributed by atoms with Crippen molar-refractivity contribution in [2.45, 2.75) is 59.1 Å². The number of likely N-dealkylation sites (tertiary alicyclic amines) is 1. The van der Waals surface area contributed by atoms with Crippen LogP contribution in [0.15, 0.2) is 35.9 Å². The highest BCUT2D eigenvalue weighted by molar-refractivity contribution is 7.82. The van der Waals surface area contributed by atoms with Crippen LogP contribution in [0.1, 0.15) is 70.8 Å². The second-order valence-corrected chi connectivity index (χ2v) is 14.9. The van der Waals surface area contributed by atoms with Crippen molar-refractivity contribution < 1.29 is 36.1 Å². The van der Waals surface area contributed by atoms with Crippen LogP contribution in [0.3, 0.4) is 0 Å². The molecule has 0 aromatic heterocycles. The number of carbonyl (C=O) groups excluding carboxylic acids is 2. The summed E-state index contributed by atoms with van der Waals surface area (Å²) < 4.78 is 74.5. The molecule has 46 heavy (non-hydrogen) atoms. The van der Waals surface area contributed by atoms with Crippen molar-refractivity contribution in [3.63, 3.8) is 0 Å². The van der Waals surface area contributed by atoms with E-state index in [2.05, 4.69) is 5.32 Å². The molecule has 1 N–H and O–H groups in total. The SMILES string of the molecule is CC1=C(c2ccc(F)c(C(F)(F)F)c2)NC(=O)C12CCN(S(=O)CCc1c(C)cc(C(=O)N3CCC4(CC3)COC4)cc1C)CC2. The summed E-state index contributed by atoms with van der Waals surface area (Å²) in [6.07, 6.45) is -1.61. The van der Waals surface area contributed by atoms with E-state index in [1.54, 1.807) is 6.92 Å². The van der Waals surface area contributed by atoms with E-state index in [-0.39, 0.29) is 28.5 Å². The van der Waals surface area contributed by atoms with Gasteiger partial charge in [0.25, 0.3) is 5.91 Å². The molecule has 4 heterocycles. The Morgan fingerprint density at radius 3 is 2.17 bits per heavy atom. The van der Waals surface area contributed by atoms with Crippen molar-refractivity contribution in [1.82, 2.24) is 14.5 Å². The molecule has 6 rings (SSSR count). The van der Waals surface area contributed by atoms with Gasteiger partial charge in [-0.05, 0) is 111 Å². The topological polar surface area (TPSA) is 79.0 Å². The standard InChI is InChI=1S/C34H39F4N3O4S/c1-21-16-25(30(42)40-11-7-32(8-12-40)19-45-20-32)17-22(2)26(21)6-15-46(44)41-13-9-33(10-14-41)23(3)29(39-31(33)43)24-4-5-28(35)27(18-24)34(36,37)38/h4-5,16-18H,6-15,19-20H2,1-3H3,(H,39,43). The number of amides is 2. The van der Waals surface area contributed by atoms with Crippen molar-refractivity contribution in [2.24, 2.45) is 10.8 Å². The first-order valence-corrected chi connectivity index (χ1v) is 17.0. The first-order valence-electron chi connectivity index (χ1n) is 15.7. The lowest BCUT2D eigenvalue weighted by atomic mass is 9.73. The molecule has 3 fully saturated rings. The number of rotatable bonds is 6. The number of ether oxygens (including phenoxy) is 1. The maximum atomic E-state index is 13.9. The van der Waals surface area contributed by atoms with Gasteiger partial charge < -0.3 is 15.0 Å². The summed E-state index contributed by atoms with van der Waals surface area (Å²) >= 11 is 0. The first-order chi connectivity index (χ1) is 21.7. The number of hydrogen-bond donors (Lipinski definition) is 1. The number of alkyl halides is 3. The molecule has 0 radical (unpaired) electrons. The van der Waals surface area contributed by atoms with Gasteiger partial charge in [-0.15, -0.1) is 0 Å². The van der Waals surface area contributed by atoms with Crippen LogP contribution in [0, 0.1) is 30.5 Å². The second kappa shape index (κ2) is 12.2. The van der Waals surface area contributed by atoms with Crippen LogP contribution in [0.5, 0.6) is 0 Å². The zero-order valence-electron chi connectivity index (χ0n) is 26.3. The molecule has 0 bridgehead atoms. The minimum absolute atomic E-state index is 0.0438. The molecule has 2 aromatic carbocycles. The molecule has 248 valence electrons. The second-order valence-electron chi connectivity index (χ2n) is 13.3. The van der Waals surface area contributed by atoms with Crippen LogP contribution in [-0.4, -0.2) is 70.4 Å². The van der Waals surface area contributed by atoms with Crippen LogP contribution < -0.4 is 5.32 Å². The molecule has 2 aromatic rings. The monoisotopic (exact) mass is 661 g/mol. The normalized spacial score (nSPS) is 21.9. The summed E-state index contributed by atoms with van der Waals surface area (Å²) in [5.41, 5.74) is 2.68. The third-order valence-electron chi connectivity index (χ3n) is 10.6. The maximum absolute atomic E-state index is 13.9. The summed E-state index contributed by atoms with van der Waals surface area (Å²) in [7, 11) is -1.31. The van der Waals surface area contributed by atoms with Gasteiger partial charge in [-0.1, -0.05) is 0 Å². The van der Waals surface area contributed by atoms with E-state index in [1.165, 1.54) is 6.07 Å². The number of carbonyl (C=O) groups is 2. The number of halogens is 4. The molecule has 3 saturated heterocycles. The summed E-state index contributed by atoms with van der Waals surface area (Å²) in [5.74, 6) is -1.23. The number of benzene rings is 2. The van der Waals surface area contributed by atoms with Gasteiger partial charge in [0.2, 0.25) is 5.91 Å². The van der Waals surface area contributed by atoms with Gasteiger partial charge in [-0.2, -0.15) is 13.2 Å². The fourth-order valence-corrected chi connectivity index (χ4v) is 8.70. The predicted octanol–water partition coefficient (Wildman–Crippen LogP) is 5.56. The molecule has 4 aliphatic heterocycles. The van der Waals surface area contributed by atoms with Gasteiger partial charge in [0.15, 0.2) is 0 Å².